The Labute approximate surface area is 146 Å². The first-order valence-electron chi connectivity index (χ1n) is 8.61. The second-order valence-corrected chi connectivity index (χ2v) is 6.20. The third kappa shape index (κ3) is 3.66. The maximum atomic E-state index is 5.89. The molecular formula is C18H22N6O. The normalized spacial score (nSPS) is 14.9. The zero-order chi connectivity index (χ0) is 17.1. The molecule has 0 bridgehead atoms. The van der Waals surface area contributed by atoms with Crippen molar-refractivity contribution in [1.29, 1.82) is 0 Å². The minimum atomic E-state index is 0.514. The van der Waals surface area contributed by atoms with Crippen molar-refractivity contribution in [2.45, 2.75) is 12.8 Å². The van der Waals surface area contributed by atoms with Crippen molar-refractivity contribution in [3.63, 3.8) is 0 Å². The number of ether oxygens (including phenoxy) is 1. The summed E-state index contributed by atoms with van der Waals surface area (Å²) in [5.74, 6) is 1.94. The first kappa shape index (κ1) is 15.7. The van der Waals surface area contributed by atoms with Crippen molar-refractivity contribution < 1.29 is 4.74 Å². The van der Waals surface area contributed by atoms with Crippen LogP contribution in [0.3, 0.4) is 0 Å². The first-order valence-corrected chi connectivity index (χ1v) is 8.61. The van der Waals surface area contributed by atoms with Crippen LogP contribution in [-0.2, 0) is 0 Å². The predicted octanol–water partition coefficient (Wildman–Crippen LogP) is 2.53. The van der Waals surface area contributed by atoms with Crippen molar-refractivity contribution in [1.82, 2.24) is 19.5 Å². The van der Waals surface area contributed by atoms with E-state index >= 15 is 0 Å². The quantitative estimate of drug-likeness (QED) is 0.719. The number of likely N-dealkylation sites (tertiary alicyclic amines) is 1. The highest BCUT2D eigenvalue weighted by atomic mass is 16.5. The Morgan fingerprint density at radius 1 is 1.08 bits per heavy atom. The Morgan fingerprint density at radius 2 is 1.88 bits per heavy atom. The van der Waals surface area contributed by atoms with Crippen LogP contribution in [0.5, 0.6) is 5.75 Å². The zero-order valence-electron chi connectivity index (χ0n) is 14.1. The third-order valence-corrected chi connectivity index (χ3v) is 4.37. The maximum absolute atomic E-state index is 5.89. The second kappa shape index (κ2) is 6.98. The number of aromatic nitrogens is 3. The number of fused-ring (bicyclic) bond motifs is 1. The summed E-state index contributed by atoms with van der Waals surface area (Å²) in [5.41, 5.74) is 7.50. The number of rotatable bonds is 6. The summed E-state index contributed by atoms with van der Waals surface area (Å²) >= 11 is 0. The highest BCUT2D eigenvalue weighted by Gasteiger charge is 2.10. The number of anilines is 3. The van der Waals surface area contributed by atoms with Gasteiger partial charge in [0.25, 0.3) is 0 Å². The minimum Gasteiger partial charge on any atom is -0.492 e. The topological polar surface area (TPSA) is 80.7 Å². The van der Waals surface area contributed by atoms with Gasteiger partial charge in [-0.05, 0) is 62.3 Å². The molecule has 1 aliphatic rings. The average molecular weight is 338 g/mol. The van der Waals surface area contributed by atoms with Gasteiger partial charge in [0.2, 0.25) is 5.95 Å². The Kier molecular flexibility index (Phi) is 4.39. The van der Waals surface area contributed by atoms with Crippen LogP contribution in [0.4, 0.5) is 17.5 Å². The Hall–Kier alpha value is -2.80. The Morgan fingerprint density at radius 3 is 2.64 bits per heavy atom. The summed E-state index contributed by atoms with van der Waals surface area (Å²) in [4.78, 5) is 6.85. The van der Waals surface area contributed by atoms with Gasteiger partial charge in [0.1, 0.15) is 18.2 Å². The molecule has 0 amide bonds. The van der Waals surface area contributed by atoms with Crippen LogP contribution in [0, 0.1) is 0 Å². The van der Waals surface area contributed by atoms with Gasteiger partial charge >= 0.3 is 0 Å². The number of nitrogens with two attached hydrogens (primary N) is 1. The van der Waals surface area contributed by atoms with Gasteiger partial charge in [0.15, 0.2) is 5.65 Å². The molecule has 0 saturated carbocycles. The highest BCUT2D eigenvalue weighted by Crippen LogP contribution is 2.19. The molecule has 3 N–H and O–H groups in total. The van der Waals surface area contributed by atoms with Crippen LogP contribution in [0.2, 0.25) is 0 Å². The van der Waals surface area contributed by atoms with E-state index in [-0.39, 0.29) is 0 Å². The summed E-state index contributed by atoms with van der Waals surface area (Å²) in [5, 5.41) is 7.54. The van der Waals surface area contributed by atoms with E-state index in [4.69, 9.17) is 10.5 Å². The van der Waals surface area contributed by atoms with E-state index in [2.05, 4.69) is 20.3 Å². The molecule has 3 heterocycles. The van der Waals surface area contributed by atoms with Crippen molar-refractivity contribution in [3.8, 4) is 5.75 Å². The van der Waals surface area contributed by atoms with Gasteiger partial charge in [0.05, 0.1) is 0 Å². The molecule has 3 aromatic rings. The molecule has 1 saturated heterocycles. The molecule has 0 spiro atoms. The predicted molar refractivity (Wildman–Crippen MR) is 98.3 cm³/mol. The molecule has 0 unspecified atom stereocenters. The molecule has 0 atom stereocenters. The Bertz CT molecular complexity index is 838. The molecule has 2 aromatic heterocycles. The number of nitrogens with zero attached hydrogens (tertiary/aromatic N) is 4. The summed E-state index contributed by atoms with van der Waals surface area (Å²) in [6.07, 6.45) is 2.62. The van der Waals surface area contributed by atoms with E-state index in [0.29, 0.717) is 17.4 Å². The standard InChI is InChI=1S/C18H22N6O/c19-16-4-3-5-17-21-18(22-24(16)17)20-14-6-8-15(9-7-14)25-13-12-23-10-1-2-11-23/h3-9H,1-2,10-13,19H2,(H,20,22). The van der Waals surface area contributed by atoms with Gasteiger partial charge in [0, 0.05) is 12.2 Å². The van der Waals surface area contributed by atoms with E-state index in [1.54, 1.807) is 10.6 Å². The maximum Gasteiger partial charge on any atom is 0.247 e. The molecule has 1 aliphatic heterocycles. The largest absolute Gasteiger partial charge is 0.492 e. The first-order chi connectivity index (χ1) is 12.3. The van der Waals surface area contributed by atoms with E-state index in [1.165, 1.54) is 25.9 Å². The Balaban J connectivity index is 1.35. The summed E-state index contributed by atoms with van der Waals surface area (Å²) < 4.78 is 7.42. The van der Waals surface area contributed by atoms with Crippen LogP contribution in [0.1, 0.15) is 12.8 Å². The van der Waals surface area contributed by atoms with Crippen molar-refractivity contribution in [2.24, 2.45) is 0 Å². The van der Waals surface area contributed by atoms with Crippen molar-refractivity contribution in [2.75, 3.05) is 37.3 Å². The molecular weight excluding hydrogens is 316 g/mol. The third-order valence-electron chi connectivity index (χ3n) is 4.37. The molecule has 25 heavy (non-hydrogen) atoms. The fourth-order valence-electron chi connectivity index (χ4n) is 3.04. The van der Waals surface area contributed by atoms with Crippen LogP contribution >= 0.6 is 0 Å². The van der Waals surface area contributed by atoms with Crippen LogP contribution in [0.25, 0.3) is 5.65 Å². The van der Waals surface area contributed by atoms with Crippen molar-refractivity contribution in [3.05, 3.63) is 42.5 Å². The van der Waals surface area contributed by atoms with Gasteiger partial charge in [-0.3, -0.25) is 4.90 Å². The number of nitrogen functional groups attached to an aromatic ring is 1. The molecule has 1 fully saturated rings. The molecule has 0 aliphatic carbocycles. The molecule has 7 nitrogen and oxygen atoms in total. The zero-order valence-corrected chi connectivity index (χ0v) is 14.1. The molecule has 7 heteroatoms. The molecule has 130 valence electrons. The number of pyridine rings is 1. The number of hydrogen-bond acceptors (Lipinski definition) is 6. The number of hydrogen-bond donors (Lipinski definition) is 2. The van der Waals surface area contributed by atoms with E-state index < -0.39 is 0 Å². The molecule has 1 aromatic carbocycles. The fraction of sp³-hybridized carbons (Fsp3) is 0.333. The summed E-state index contributed by atoms with van der Waals surface area (Å²) in [6, 6.07) is 13.3. The van der Waals surface area contributed by atoms with Crippen molar-refractivity contribution >= 4 is 23.1 Å². The van der Waals surface area contributed by atoms with Gasteiger partial charge in [-0.15, -0.1) is 5.10 Å². The lowest BCUT2D eigenvalue weighted by atomic mass is 10.3. The smallest absolute Gasteiger partial charge is 0.247 e. The van der Waals surface area contributed by atoms with Gasteiger partial charge < -0.3 is 15.8 Å². The second-order valence-electron chi connectivity index (χ2n) is 6.20. The molecule has 4 rings (SSSR count). The SMILES string of the molecule is Nc1cccc2nc(Nc3ccc(OCCN4CCCC4)cc3)nn12. The van der Waals surface area contributed by atoms with Gasteiger partial charge in [-0.25, -0.2) is 0 Å². The van der Waals surface area contributed by atoms with E-state index in [1.807, 2.05) is 36.4 Å². The van der Waals surface area contributed by atoms with Crippen LogP contribution < -0.4 is 15.8 Å². The van der Waals surface area contributed by atoms with Gasteiger partial charge in [-0.1, -0.05) is 6.07 Å². The average Bonchev–Trinajstić information content (AvgIpc) is 3.27. The van der Waals surface area contributed by atoms with Gasteiger partial charge in [-0.2, -0.15) is 9.50 Å². The van der Waals surface area contributed by atoms with E-state index in [9.17, 15) is 0 Å². The summed E-state index contributed by atoms with van der Waals surface area (Å²) in [7, 11) is 0. The number of nitrogens with one attached hydrogen (secondary N) is 1. The fourth-order valence-corrected chi connectivity index (χ4v) is 3.04. The lowest BCUT2D eigenvalue weighted by Gasteiger charge is -2.15. The highest BCUT2D eigenvalue weighted by molar-refractivity contribution is 5.58. The van der Waals surface area contributed by atoms with E-state index in [0.717, 1.165) is 24.6 Å². The summed E-state index contributed by atoms with van der Waals surface area (Å²) in [6.45, 7) is 4.11. The van der Waals surface area contributed by atoms with Crippen LogP contribution in [0.15, 0.2) is 42.5 Å². The minimum absolute atomic E-state index is 0.514. The number of benzene rings is 1. The molecule has 0 radical (unpaired) electrons. The van der Waals surface area contributed by atoms with Crippen LogP contribution in [-0.4, -0.2) is 45.7 Å². The monoisotopic (exact) mass is 338 g/mol. The lowest BCUT2D eigenvalue weighted by molar-refractivity contribution is 0.238. The lowest BCUT2D eigenvalue weighted by Crippen LogP contribution is -2.25.